The van der Waals surface area contributed by atoms with Crippen molar-refractivity contribution < 1.29 is 24.5 Å². The molecule has 0 amide bonds. The van der Waals surface area contributed by atoms with Crippen molar-refractivity contribution in [2.75, 3.05) is 7.11 Å². The highest BCUT2D eigenvalue weighted by atomic mass is 16.5. The number of phenols is 2. The van der Waals surface area contributed by atoms with Gasteiger partial charge in [0.25, 0.3) is 0 Å². The maximum absolute atomic E-state index is 12.6. The van der Waals surface area contributed by atoms with Gasteiger partial charge < -0.3 is 14.9 Å². The van der Waals surface area contributed by atoms with Crippen LogP contribution in [0.5, 0.6) is 17.2 Å². The Morgan fingerprint density at radius 3 is 2.24 bits per heavy atom. The van der Waals surface area contributed by atoms with Crippen molar-refractivity contribution in [1.82, 2.24) is 0 Å². The van der Waals surface area contributed by atoms with E-state index in [0.717, 1.165) is 0 Å². The van der Waals surface area contributed by atoms with Gasteiger partial charge in [0.1, 0.15) is 17.2 Å². The Bertz CT molecular complexity index is 805. The number of aromatic hydroxyl groups is 2. The topological polar surface area (TPSA) is 83.8 Å². The van der Waals surface area contributed by atoms with Crippen LogP contribution in [0, 0.1) is 6.92 Å². The SMILES string of the molecule is COc1cc(O)cc2c1C(=O)c1c(O)cc(C)cc1C2=O. The van der Waals surface area contributed by atoms with E-state index in [4.69, 9.17) is 4.74 Å². The van der Waals surface area contributed by atoms with Crippen molar-refractivity contribution in [2.45, 2.75) is 6.92 Å². The molecule has 0 aromatic heterocycles. The minimum atomic E-state index is -0.492. The van der Waals surface area contributed by atoms with Crippen LogP contribution in [0.1, 0.15) is 37.4 Å². The molecule has 0 atom stereocenters. The third kappa shape index (κ3) is 1.78. The third-order valence-corrected chi connectivity index (χ3v) is 3.51. The Morgan fingerprint density at radius 2 is 1.57 bits per heavy atom. The first kappa shape index (κ1) is 13.2. The molecule has 0 spiro atoms. The standard InChI is InChI=1S/C16H12O5/c1-7-3-9-13(11(18)4-7)16(20)14-10(15(9)19)5-8(17)6-12(14)21-2/h3-6,17-18H,1-2H3. The molecule has 1 aliphatic rings. The zero-order chi connectivity index (χ0) is 15.3. The number of rotatable bonds is 1. The molecule has 0 bridgehead atoms. The first-order valence-corrected chi connectivity index (χ1v) is 6.28. The summed E-state index contributed by atoms with van der Waals surface area (Å²) in [6, 6.07) is 5.48. The van der Waals surface area contributed by atoms with E-state index >= 15 is 0 Å². The van der Waals surface area contributed by atoms with Gasteiger partial charge in [0, 0.05) is 17.2 Å². The van der Waals surface area contributed by atoms with E-state index in [2.05, 4.69) is 0 Å². The van der Waals surface area contributed by atoms with E-state index in [0.29, 0.717) is 5.56 Å². The van der Waals surface area contributed by atoms with E-state index in [1.54, 1.807) is 13.0 Å². The summed E-state index contributed by atoms with van der Waals surface area (Å²) in [5.41, 5.74) is 0.920. The molecule has 2 aromatic rings. The summed E-state index contributed by atoms with van der Waals surface area (Å²) >= 11 is 0. The molecule has 0 heterocycles. The predicted octanol–water partition coefficient (Wildman–Crippen LogP) is 2.19. The number of fused-ring (bicyclic) bond motifs is 2. The average molecular weight is 284 g/mol. The molecular weight excluding hydrogens is 272 g/mol. The summed E-state index contributed by atoms with van der Waals surface area (Å²) in [7, 11) is 1.34. The second kappa shape index (κ2) is 4.34. The maximum Gasteiger partial charge on any atom is 0.201 e. The first-order valence-electron chi connectivity index (χ1n) is 6.28. The van der Waals surface area contributed by atoms with Crippen molar-refractivity contribution in [3.05, 3.63) is 52.1 Å². The molecule has 5 heteroatoms. The molecule has 3 rings (SSSR count). The Kier molecular flexibility index (Phi) is 2.73. The highest BCUT2D eigenvalue weighted by Crippen LogP contribution is 2.39. The zero-order valence-corrected chi connectivity index (χ0v) is 11.4. The summed E-state index contributed by atoms with van der Waals surface area (Å²) in [4.78, 5) is 25.2. The zero-order valence-electron chi connectivity index (χ0n) is 11.4. The number of aryl methyl sites for hydroxylation is 1. The van der Waals surface area contributed by atoms with Gasteiger partial charge in [0.2, 0.25) is 5.78 Å². The molecule has 2 N–H and O–H groups in total. The third-order valence-electron chi connectivity index (χ3n) is 3.51. The van der Waals surface area contributed by atoms with Gasteiger partial charge in [0.15, 0.2) is 5.78 Å². The fourth-order valence-corrected chi connectivity index (χ4v) is 2.63. The predicted molar refractivity (Wildman–Crippen MR) is 74.4 cm³/mol. The highest BCUT2D eigenvalue weighted by Gasteiger charge is 2.35. The molecule has 1 aliphatic carbocycles. The van der Waals surface area contributed by atoms with Gasteiger partial charge in [-0.3, -0.25) is 9.59 Å². The Hall–Kier alpha value is -2.82. The number of hydrogen-bond acceptors (Lipinski definition) is 5. The Labute approximate surface area is 120 Å². The first-order chi connectivity index (χ1) is 9.93. The van der Waals surface area contributed by atoms with E-state index in [1.807, 2.05) is 0 Å². The van der Waals surface area contributed by atoms with Gasteiger partial charge in [-0.2, -0.15) is 0 Å². The van der Waals surface area contributed by atoms with Gasteiger partial charge >= 0.3 is 0 Å². The van der Waals surface area contributed by atoms with Gasteiger partial charge in [0.05, 0.1) is 18.2 Å². The van der Waals surface area contributed by atoms with Crippen molar-refractivity contribution in [2.24, 2.45) is 0 Å². The lowest BCUT2D eigenvalue weighted by Crippen LogP contribution is -2.22. The normalized spacial score (nSPS) is 12.9. The van der Waals surface area contributed by atoms with Gasteiger partial charge in [-0.25, -0.2) is 0 Å². The summed E-state index contributed by atoms with van der Waals surface area (Å²) in [5.74, 6) is -1.20. The van der Waals surface area contributed by atoms with Gasteiger partial charge in [-0.05, 0) is 30.7 Å². The number of methoxy groups -OCH3 is 1. The average Bonchev–Trinajstić information content (AvgIpc) is 2.42. The quantitative estimate of drug-likeness (QED) is 0.715. The minimum absolute atomic E-state index is 0.0258. The number of ether oxygens (including phenoxy) is 1. The lowest BCUT2D eigenvalue weighted by molar-refractivity contribution is 0.0973. The van der Waals surface area contributed by atoms with E-state index in [9.17, 15) is 19.8 Å². The maximum atomic E-state index is 12.6. The van der Waals surface area contributed by atoms with Crippen LogP contribution < -0.4 is 4.74 Å². The second-order valence-corrected chi connectivity index (χ2v) is 4.94. The molecule has 0 saturated heterocycles. The molecule has 0 radical (unpaired) electrons. The largest absolute Gasteiger partial charge is 0.508 e. The molecule has 0 aliphatic heterocycles. The summed E-state index contributed by atoms with van der Waals surface area (Å²) in [6.07, 6.45) is 0. The smallest absolute Gasteiger partial charge is 0.201 e. The van der Waals surface area contributed by atoms with Crippen molar-refractivity contribution in [3.8, 4) is 17.2 Å². The minimum Gasteiger partial charge on any atom is -0.508 e. The second-order valence-electron chi connectivity index (χ2n) is 4.94. The van der Waals surface area contributed by atoms with Crippen LogP contribution in [-0.4, -0.2) is 28.9 Å². The Balaban J connectivity index is 2.38. The van der Waals surface area contributed by atoms with Crippen LogP contribution in [0.2, 0.25) is 0 Å². The summed E-state index contributed by atoms with van der Waals surface area (Å²) in [6.45, 7) is 1.72. The molecule has 0 saturated carbocycles. The number of carbonyl (C=O) groups excluding carboxylic acids is 2. The van der Waals surface area contributed by atoms with Crippen LogP contribution in [0.4, 0.5) is 0 Å². The molecule has 5 nitrogen and oxygen atoms in total. The lowest BCUT2D eigenvalue weighted by atomic mass is 9.82. The molecule has 0 unspecified atom stereocenters. The molecular formula is C16H12O5. The number of ketones is 2. The van der Waals surface area contributed by atoms with Crippen LogP contribution >= 0.6 is 0 Å². The fourth-order valence-electron chi connectivity index (χ4n) is 2.63. The molecule has 2 aromatic carbocycles. The monoisotopic (exact) mass is 284 g/mol. The van der Waals surface area contributed by atoms with E-state index in [-0.39, 0.29) is 39.5 Å². The van der Waals surface area contributed by atoms with Crippen LogP contribution in [0.15, 0.2) is 24.3 Å². The number of carbonyl (C=O) groups is 2. The molecule has 0 fully saturated rings. The lowest BCUT2D eigenvalue weighted by Gasteiger charge is -2.21. The van der Waals surface area contributed by atoms with Crippen molar-refractivity contribution in [1.29, 1.82) is 0 Å². The van der Waals surface area contributed by atoms with Crippen LogP contribution in [0.25, 0.3) is 0 Å². The van der Waals surface area contributed by atoms with E-state index < -0.39 is 11.6 Å². The highest BCUT2D eigenvalue weighted by molar-refractivity contribution is 6.30. The van der Waals surface area contributed by atoms with E-state index in [1.165, 1.54) is 25.3 Å². The fraction of sp³-hybridized carbons (Fsp3) is 0.125. The van der Waals surface area contributed by atoms with Crippen molar-refractivity contribution in [3.63, 3.8) is 0 Å². The summed E-state index contributed by atoms with van der Waals surface area (Å²) < 4.78 is 5.08. The molecule has 106 valence electrons. The number of phenolic OH excluding ortho intramolecular Hbond substituents is 2. The van der Waals surface area contributed by atoms with Crippen molar-refractivity contribution >= 4 is 11.6 Å². The van der Waals surface area contributed by atoms with Gasteiger partial charge in [-0.1, -0.05) is 0 Å². The summed E-state index contributed by atoms with van der Waals surface area (Å²) in [5, 5.41) is 19.7. The van der Waals surface area contributed by atoms with Gasteiger partial charge in [-0.15, -0.1) is 0 Å². The number of hydrogen-bond donors (Lipinski definition) is 2. The molecule has 21 heavy (non-hydrogen) atoms. The Morgan fingerprint density at radius 1 is 0.905 bits per heavy atom. The van der Waals surface area contributed by atoms with Crippen LogP contribution in [-0.2, 0) is 0 Å². The number of benzene rings is 2. The van der Waals surface area contributed by atoms with Crippen LogP contribution in [0.3, 0.4) is 0 Å².